The van der Waals surface area contributed by atoms with Crippen molar-refractivity contribution in [3.8, 4) is 0 Å². The molecule has 2 aliphatic rings. The van der Waals surface area contributed by atoms with Crippen molar-refractivity contribution >= 4 is 11.8 Å². The fourth-order valence-corrected chi connectivity index (χ4v) is 3.50. The van der Waals surface area contributed by atoms with Crippen LogP contribution in [0.1, 0.15) is 56.9 Å². The molecule has 0 aromatic carbocycles. The van der Waals surface area contributed by atoms with Crippen LogP contribution >= 0.6 is 0 Å². The maximum Gasteiger partial charge on any atom is 0.189 e. The standard InChI is InChI=1S/C18H29N5/c19-18(22-16-7-3-1-2-4-8-16)21-14-15-9-10-17(20-13-15)23-11-5-6-12-23/h9-10,13,16H,1-8,11-12,14H2,(H3,19,21,22). The van der Waals surface area contributed by atoms with Gasteiger partial charge in [-0.2, -0.15) is 0 Å². The molecule has 2 fully saturated rings. The Morgan fingerprint density at radius 2 is 1.87 bits per heavy atom. The number of guanidine groups is 1. The fourth-order valence-electron chi connectivity index (χ4n) is 3.50. The van der Waals surface area contributed by atoms with E-state index in [1.165, 1.54) is 51.4 Å². The molecule has 1 aromatic heterocycles. The zero-order valence-corrected chi connectivity index (χ0v) is 14.0. The Bertz CT molecular complexity index is 497. The van der Waals surface area contributed by atoms with Gasteiger partial charge >= 0.3 is 0 Å². The van der Waals surface area contributed by atoms with Crippen LogP contribution in [0.3, 0.4) is 0 Å². The van der Waals surface area contributed by atoms with Gasteiger partial charge in [-0.25, -0.2) is 9.98 Å². The third kappa shape index (κ3) is 4.85. The smallest absolute Gasteiger partial charge is 0.189 e. The van der Waals surface area contributed by atoms with Gasteiger partial charge in [0.25, 0.3) is 0 Å². The van der Waals surface area contributed by atoms with Gasteiger partial charge in [-0.05, 0) is 37.3 Å². The van der Waals surface area contributed by atoms with E-state index in [1.807, 2.05) is 6.20 Å². The van der Waals surface area contributed by atoms with Crippen LogP contribution in [-0.4, -0.2) is 30.1 Å². The first kappa shape index (κ1) is 16.1. The monoisotopic (exact) mass is 315 g/mol. The van der Waals surface area contributed by atoms with Crippen LogP contribution in [0.4, 0.5) is 5.82 Å². The van der Waals surface area contributed by atoms with Gasteiger partial charge in [0.15, 0.2) is 5.96 Å². The van der Waals surface area contributed by atoms with Gasteiger partial charge in [-0.1, -0.05) is 31.7 Å². The van der Waals surface area contributed by atoms with Gasteiger partial charge in [-0.15, -0.1) is 0 Å². The van der Waals surface area contributed by atoms with Crippen molar-refractivity contribution in [2.75, 3.05) is 18.0 Å². The van der Waals surface area contributed by atoms with Crippen LogP contribution in [0.5, 0.6) is 0 Å². The van der Waals surface area contributed by atoms with E-state index in [4.69, 9.17) is 5.73 Å². The van der Waals surface area contributed by atoms with Crippen molar-refractivity contribution in [2.45, 2.75) is 64.0 Å². The number of nitrogens with two attached hydrogens (primary N) is 1. The van der Waals surface area contributed by atoms with Crippen LogP contribution < -0.4 is 16.0 Å². The summed E-state index contributed by atoms with van der Waals surface area (Å²) < 4.78 is 0. The first-order valence-corrected chi connectivity index (χ1v) is 9.07. The average molecular weight is 315 g/mol. The molecule has 0 radical (unpaired) electrons. The summed E-state index contributed by atoms with van der Waals surface area (Å²) in [6.07, 6.45) is 12.2. The minimum atomic E-state index is 0.497. The lowest BCUT2D eigenvalue weighted by Crippen LogP contribution is -2.39. The lowest BCUT2D eigenvalue weighted by molar-refractivity contribution is 0.530. The minimum Gasteiger partial charge on any atom is -0.370 e. The van der Waals surface area contributed by atoms with Crippen LogP contribution in [0.25, 0.3) is 0 Å². The van der Waals surface area contributed by atoms with Crippen LogP contribution in [-0.2, 0) is 6.54 Å². The maximum atomic E-state index is 6.04. The number of anilines is 1. The van der Waals surface area contributed by atoms with Crippen molar-refractivity contribution in [3.63, 3.8) is 0 Å². The molecule has 1 aliphatic carbocycles. The molecule has 0 bridgehead atoms. The highest BCUT2D eigenvalue weighted by Gasteiger charge is 2.13. The summed E-state index contributed by atoms with van der Waals surface area (Å²) in [5.41, 5.74) is 7.15. The van der Waals surface area contributed by atoms with Crippen molar-refractivity contribution in [3.05, 3.63) is 23.9 Å². The van der Waals surface area contributed by atoms with Crippen molar-refractivity contribution < 1.29 is 0 Å². The number of hydrogen-bond donors (Lipinski definition) is 2. The quantitative estimate of drug-likeness (QED) is 0.509. The summed E-state index contributed by atoms with van der Waals surface area (Å²) >= 11 is 0. The highest BCUT2D eigenvalue weighted by atomic mass is 15.2. The molecule has 1 saturated carbocycles. The number of aliphatic imine (C=N–C) groups is 1. The number of aromatic nitrogens is 1. The molecule has 0 amide bonds. The summed E-state index contributed by atoms with van der Waals surface area (Å²) in [4.78, 5) is 11.4. The first-order chi connectivity index (χ1) is 11.3. The number of nitrogens with one attached hydrogen (secondary N) is 1. The van der Waals surface area contributed by atoms with Gasteiger partial charge in [0.05, 0.1) is 6.54 Å². The molecule has 126 valence electrons. The van der Waals surface area contributed by atoms with Crippen molar-refractivity contribution in [1.29, 1.82) is 0 Å². The minimum absolute atomic E-state index is 0.497. The number of pyridine rings is 1. The second kappa shape index (κ2) is 8.18. The molecule has 2 heterocycles. The second-order valence-corrected chi connectivity index (χ2v) is 6.75. The fraction of sp³-hybridized carbons (Fsp3) is 0.667. The molecule has 5 nitrogen and oxygen atoms in total. The molecule has 1 aromatic rings. The molecule has 5 heteroatoms. The van der Waals surface area contributed by atoms with E-state index in [9.17, 15) is 0 Å². The Morgan fingerprint density at radius 3 is 2.52 bits per heavy atom. The molecule has 1 saturated heterocycles. The second-order valence-electron chi connectivity index (χ2n) is 6.75. The largest absolute Gasteiger partial charge is 0.370 e. The Balaban J connectivity index is 1.49. The zero-order chi connectivity index (χ0) is 15.9. The predicted octanol–water partition coefficient (Wildman–Crippen LogP) is 2.81. The van der Waals surface area contributed by atoms with E-state index in [-0.39, 0.29) is 0 Å². The third-order valence-corrected chi connectivity index (χ3v) is 4.88. The van der Waals surface area contributed by atoms with Crippen LogP contribution in [0, 0.1) is 0 Å². The Labute approximate surface area is 139 Å². The number of nitrogens with zero attached hydrogens (tertiary/aromatic N) is 3. The van der Waals surface area contributed by atoms with Gasteiger partial charge in [0.1, 0.15) is 5.82 Å². The molecule has 0 unspecified atom stereocenters. The van der Waals surface area contributed by atoms with E-state index in [2.05, 4.69) is 32.3 Å². The molecule has 1 aliphatic heterocycles. The summed E-state index contributed by atoms with van der Waals surface area (Å²) in [5.74, 6) is 1.65. The predicted molar refractivity (Wildman–Crippen MR) is 95.6 cm³/mol. The third-order valence-electron chi connectivity index (χ3n) is 4.88. The molecule has 23 heavy (non-hydrogen) atoms. The highest BCUT2D eigenvalue weighted by Crippen LogP contribution is 2.18. The van der Waals surface area contributed by atoms with Crippen molar-refractivity contribution in [1.82, 2.24) is 10.3 Å². The summed E-state index contributed by atoms with van der Waals surface area (Å²) in [6.45, 7) is 2.85. The molecule has 0 atom stereocenters. The van der Waals surface area contributed by atoms with E-state index in [0.29, 0.717) is 18.5 Å². The van der Waals surface area contributed by atoms with Gasteiger partial charge in [0.2, 0.25) is 0 Å². The lowest BCUT2D eigenvalue weighted by Gasteiger charge is -2.17. The van der Waals surface area contributed by atoms with E-state index < -0.39 is 0 Å². The average Bonchev–Trinajstić information content (AvgIpc) is 2.99. The molecular weight excluding hydrogens is 286 g/mol. The Kier molecular flexibility index (Phi) is 5.72. The van der Waals surface area contributed by atoms with Crippen LogP contribution in [0.2, 0.25) is 0 Å². The molecule has 0 spiro atoms. The first-order valence-electron chi connectivity index (χ1n) is 9.07. The van der Waals surface area contributed by atoms with Gasteiger partial charge in [-0.3, -0.25) is 0 Å². The van der Waals surface area contributed by atoms with Crippen molar-refractivity contribution in [2.24, 2.45) is 10.7 Å². The maximum absolute atomic E-state index is 6.04. The van der Waals surface area contributed by atoms with Crippen LogP contribution in [0.15, 0.2) is 23.3 Å². The summed E-state index contributed by atoms with van der Waals surface area (Å²) in [6, 6.07) is 4.71. The Morgan fingerprint density at radius 1 is 1.13 bits per heavy atom. The normalized spacial score (nSPS) is 20.5. The van der Waals surface area contributed by atoms with E-state index in [1.54, 1.807) is 0 Å². The number of hydrogen-bond acceptors (Lipinski definition) is 3. The SMILES string of the molecule is NC(=NCc1ccc(N2CCCC2)nc1)NC1CCCCCC1. The number of rotatable bonds is 4. The van der Waals surface area contributed by atoms with Gasteiger partial charge in [0, 0.05) is 25.3 Å². The summed E-state index contributed by atoms with van der Waals surface area (Å²) in [5, 5.41) is 3.38. The topological polar surface area (TPSA) is 66.5 Å². The molecular formula is C18H29N5. The molecule has 3 rings (SSSR count). The van der Waals surface area contributed by atoms with E-state index in [0.717, 1.165) is 24.5 Å². The summed E-state index contributed by atoms with van der Waals surface area (Å²) in [7, 11) is 0. The zero-order valence-electron chi connectivity index (χ0n) is 14.0. The Hall–Kier alpha value is -1.78. The van der Waals surface area contributed by atoms with E-state index >= 15 is 0 Å². The van der Waals surface area contributed by atoms with Gasteiger partial charge < -0.3 is 16.0 Å². The highest BCUT2D eigenvalue weighted by molar-refractivity contribution is 5.78. The lowest BCUT2D eigenvalue weighted by atomic mass is 10.1. The molecule has 3 N–H and O–H groups in total.